The van der Waals surface area contributed by atoms with E-state index in [1.165, 1.54) is 0 Å². The first-order valence-corrected chi connectivity index (χ1v) is 6.56. The van der Waals surface area contributed by atoms with Crippen molar-refractivity contribution in [1.82, 2.24) is 30.3 Å². The van der Waals surface area contributed by atoms with Gasteiger partial charge in [0, 0.05) is 24.9 Å². The van der Waals surface area contributed by atoms with Gasteiger partial charge in [0.15, 0.2) is 5.69 Å². The Balaban J connectivity index is 1.59. The van der Waals surface area contributed by atoms with E-state index in [-0.39, 0.29) is 5.91 Å². The number of amides is 1. The second-order valence-electron chi connectivity index (χ2n) is 4.47. The zero-order chi connectivity index (χ0) is 14.5. The van der Waals surface area contributed by atoms with Gasteiger partial charge >= 0.3 is 0 Å². The summed E-state index contributed by atoms with van der Waals surface area (Å²) in [5.74, 6) is -0.239. The molecule has 1 aromatic carbocycles. The van der Waals surface area contributed by atoms with Crippen LogP contribution in [0.1, 0.15) is 16.2 Å². The third kappa shape index (κ3) is 3.14. The van der Waals surface area contributed by atoms with Crippen molar-refractivity contribution in [3.63, 3.8) is 0 Å². The maximum absolute atomic E-state index is 12.0. The van der Waals surface area contributed by atoms with Gasteiger partial charge < -0.3 is 10.3 Å². The highest BCUT2D eigenvalue weighted by Crippen LogP contribution is 2.05. The Morgan fingerprint density at radius 2 is 2.14 bits per heavy atom. The minimum absolute atomic E-state index is 0.239. The molecule has 0 aliphatic carbocycles. The first-order valence-electron chi connectivity index (χ1n) is 6.56. The van der Waals surface area contributed by atoms with Gasteiger partial charge in [-0.25, -0.2) is 9.67 Å². The summed E-state index contributed by atoms with van der Waals surface area (Å²) >= 11 is 0. The van der Waals surface area contributed by atoms with Gasteiger partial charge in [-0.15, -0.1) is 5.10 Å². The monoisotopic (exact) mass is 282 g/mol. The predicted molar refractivity (Wildman–Crippen MR) is 76.0 cm³/mol. The zero-order valence-electron chi connectivity index (χ0n) is 11.2. The lowest BCUT2D eigenvalue weighted by atomic mass is 10.3. The van der Waals surface area contributed by atoms with Crippen molar-refractivity contribution >= 4 is 5.91 Å². The summed E-state index contributed by atoms with van der Waals surface area (Å²) in [6.45, 7) is 0.513. The van der Waals surface area contributed by atoms with Crippen molar-refractivity contribution in [3.05, 3.63) is 60.4 Å². The molecule has 0 radical (unpaired) electrons. The SMILES string of the molecule is O=C(NCCc1cnc[nH]1)c1cn(-c2ccccc2)nn1. The minimum atomic E-state index is -0.239. The van der Waals surface area contributed by atoms with Gasteiger partial charge in [0.25, 0.3) is 5.91 Å². The number of hydrogen-bond donors (Lipinski definition) is 2. The third-order valence-electron chi connectivity index (χ3n) is 2.98. The zero-order valence-corrected chi connectivity index (χ0v) is 11.2. The smallest absolute Gasteiger partial charge is 0.273 e. The standard InChI is InChI=1S/C14H14N6O/c21-14(16-7-6-11-8-15-10-17-11)13-9-20(19-18-13)12-4-2-1-3-5-12/h1-5,8-10H,6-7H2,(H,15,17)(H,16,21). The van der Waals surface area contributed by atoms with Crippen LogP contribution in [0.4, 0.5) is 0 Å². The van der Waals surface area contributed by atoms with Gasteiger partial charge in [-0.1, -0.05) is 23.4 Å². The molecule has 0 bridgehead atoms. The summed E-state index contributed by atoms with van der Waals surface area (Å²) in [6, 6.07) is 9.52. The first-order chi connectivity index (χ1) is 10.3. The Morgan fingerprint density at radius 1 is 1.29 bits per heavy atom. The highest BCUT2D eigenvalue weighted by molar-refractivity contribution is 5.91. The van der Waals surface area contributed by atoms with Crippen LogP contribution in [0.5, 0.6) is 0 Å². The summed E-state index contributed by atoms with van der Waals surface area (Å²) in [5, 5.41) is 10.6. The van der Waals surface area contributed by atoms with Crippen LogP contribution in [0.2, 0.25) is 0 Å². The Bertz CT molecular complexity index is 704. The van der Waals surface area contributed by atoms with Crippen LogP contribution in [-0.4, -0.2) is 37.4 Å². The number of H-pyrrole nitrogens is 1. The van der Waals surface area contributed by atoms with Gasteiger partial charge in [-0.05, 0) is 12.1 Å². The number of aromatic nitrogens is 5. The normalized spacial score (nSPS) is 10.5. The van der Waals surface area contributed by atoms with Gasteiger partial charge in [0.1, 0.15) is 0 Å². The van der Waals surface area contributed by atoms with Gasteiger partial charge in [-0.2, -0.15) is 0 Å². The van der Waals surface area contributed by atoms with Crippen molar-refractivity contribution in [3.8, 4) is 5.69 Å². The van der Waals surface area contributed by atoms with Crippen LogP contribution in [0.25, 0.3) is 5.69 Å². The number of carbonyl (C=O) groups is 1. The number of hydrogen-bond acceptors (Lipinski definition) is 4. The molecule has 0 fully saturated rings. The third-order valence-corrected chi connectivity index (χ3v) is 2.98. The number of para-hydroxylation sites is 1. The Labute approximate surface area is 121 Å². The Kier molecular flexibility index (Phi) is 3.72. The predicted octanol–water partition coefficient (Wildman–Crippen LogP) is 0.963. The topological polar surface area (TPSA) is 88.5 Å². The van der Waals surface area contributed by atoms with Crippen molar-refractivity contribution in [2.75, 3.05) is 6.54 Å². The lowest BCUT2D eigenvalue weighted by Crippen LogP contribution is -2.26. The molecule has 106 valence electrons. The number of aromatic amines is 1. The van der Waals surface area contributed by atoms with E-state index in [0.29, 0.717) is 18.7 Å². The fourth-order valence-electron chi connectivity index (χ4n) is 1.90. The molecule has 7 nitrogen and oxygen atoms in total. The van der Waals surface area contributed by atoms with E-state index < -0.39 is 0 Å². The van der Waals surface area contributed by atoms with Crippen LogP contribution in [-0.2, 0) is 6.42 Å². The molecular weight excluding hydrogens is 268 g/mol. The Morgan fingerprint density at radius 3 is 2.90 bits per heavy atom. The van der Waals surface area contributed by atoms with Crippen molar-refractivity contribution in [2.45, 2.75) is 6.42 Å². The molecule has 3 aromatic rings. The maximum atomic E-state index is 12.0. The van der Waals surface area contributed by atoms with Crippen LogP contribution in [0.15, 0.2) is 49.1 Å². The molecule has 0 atom stereocenters. The van der Waals surface area contributed by atoms with Gasteiger partial charge in [0.05, 0.1) is 18.2 Å². The molecule has 0 aliphatic heterocycles. The number of carbonyl (C=O) groups excluding carboxylic acids is 1. The number of imidazole rings is 1. The molecule has 1 amide bonds. The largest absolute Gasteiger partial charge is 0.350 e. The van der Waals surface area contributed by atoms with Crippen LogP contribution < -0.4 is 5.32 Å². The molecule has 2 heterocycles. The van der Waals surface area contributed by atoms with Crippen LogP contribution in [0.3, 0.4) is 0 Å². The maximum Gasteiger partial charge on any atom is 0.273 e. The van der Waals surface area contributed by atoms with Crippen molar-refractivity contribution in [1.29, 1.82) is 0 Å². The molecule has 7 heteroatoms. The van der Waals surface area contributed by atoms with Crippen molar-refractivity contribution < 1.29 is 4.79 Å². The molecule has 2 aromatic heterocycles. The number of benzene rings is 1. The van der Waals surface area contributed by atoms with Gasteiger partial charge in [-0.3, -0.25) is 4.79 Å². The quantitative estimate of drug-likeness (QED) is 0.729. The fraction of sp³-hybridized carbons (Fsp3) is 0.143. The lowest BCUT2D eigenvalue weighted by Gasteiger charge is -2.01. The fourth-order valence-corrected chi connectivity index (χ4v) is 1.90. The molecule has 3 rings (SSSR count). The number of nitrogens with one attached hydrogen (secondary N) is 2. The van der Waals surface area contributed by atoms with E-state index in [9.17, 15) is 4.79 Å². The average molecular weight is 282 g/mol. The summed E-state index contributed by atoms with van der Waals surface area (Å²) in [7, 11) is 0. The van der Waals surface area contributed by atoms with E-state index in [1.807, 2.05) is 30.3 Å². The van der Waals surface area contributed by atoms with E-state index in [2.05, 4.69) is 25.6 Å². The van der Waals surface area contributed by atoms with E-state index in [4.69, 9.17) is 0 Å². The van der Waals surface area contributed by atoms with Crippen molar-refractivity contribution in [2.24, 2.45) is 0 Å². The van der Waals surface area contributed by atoms with Crippen LogP contribution >= 0.6 is 0 Å². The molecular formula is C14H14N6O. The molecule has 0 aliphatic rings. The minimum Gasteiger partial charge on any atom is -0.350 e. The first kappa shape index (κ1) is 13.0. The van der Waals surface area contributed by atoms with E-state index in [0.717, 1.165) is 11.4 Å². The summed E-state index contributed by atoms with van der Waals surface area (Å²) in [6.07, 6.45) is 5.65. The molecule has 2 N–H and O–H groups in total. The second kappa shape index (κ2) is 6.00. The van der Waals surface area contributed by atoms with Crippen LogP contribution in [0, 0.1) is 0 Å². The summed E-state index contributed by atoms with van der Waals surface area (Å²) in [5.41, 5.74) is 2.13. The average Bonchev–Trinajstić information content (AvgIpc) is 3.20. The number of nitrogens with zero attached hydrogens (tertiary/aromatic N) is 4. The summed E-state index contributed by atoms with van der Waals surface area (Å²) < 4.78 is 1.57. The highest BCUT2D eigenvalue weighted by atomic mass is 16.2. The summed E-state index contributed by atoms with van der Waals surface area (Å²) in [4.78, 5) is 18.9. The molecule has 0 saturated carbocycles. The molecule has 0 spiro atoms. The van der Waals surface area contributed by atoms with E-state index >= 15 is 0 Å². The molecule has 0 saturated heterocycles. The molecule has 0 unspecified atom stereocenters. The lowest BCUT2D eigenvalue weighted by molar-refractivity contribution is 0.0949. The van der Waals surface area contributed by atoms with E-state index in [1.54, 1.807) is 23.4 Å². The second-order valence-corrected chi connectivity index (χ2v) is 4.47. The number of rotatable bonds is 5. The highest BCUT2D eigenvalue weighted by Gasteiger charge is 2.10. The Hall–Kier alpha value is -2.96. The van der Waals surface area contributed by atoms with Gasteiger partial charge in [0.2, 0.25) is 0 Å². The molecule has 21 heavy (non-hydrogen) atoms.